The average molecular weight is 173 g/mol. The smallest absolute Gasteiger partial charge is 0.265 e. The Morgan fingerprint density at radius 1 is 1.33 bits per heavy atom. The van der Waals surface area contributed by atoms with Crippen molar-refractivity contribution in [1.82, 2.24) is 0 Å². The fourth-order valence-electron chi connectivity index (χ4n) is 0.571. The first kappa shape index (κ1) is 9.50. The van der Waals surface area contributed by atoms with E-state index in [0.29, 0.717) is 11.0 Å². The zero-order valence-electron chi connectivity index (χ0n) is 5.86. The topological polar surface area (TPSA) is 20.2 Å². The molecule has 4 heteroatoms. The van der Waals surface area contributed by atoms with Crippen molar-refractivity contribution in [3.8, 4) is 0 Å². The fourth-order valence-corrected chi connectivity index (χ4v) is 1.29. The summed E-state index contributed by atoms with van der Waals surface area (Å²) >= 11 is 10.6. The SMILES string of the molecule is C[N+](C)(C)CC(O)(Cl)Cl. The van der Waals surface area contributed by atoms with Gasteiger partial charge in [-0.25, -0.2) is 0 Å². The third-order valence-corrected chi connectivity index (χ3v) is 0.904. The monoisotopic (exact) mass is 172 g/mol. The Morgan fingerprint density at radius 3 is 1.67 bits per heavy atom. The van der Waals surface area contributed by atoms with Gasteiger partial charge in [0.05, 0.1) is 21.1 Å². The first-order valence-electron chi connectivity index (χ1n) is 2.61. The first-order chi connectivity index (χ1) is 3.71. The largest absolute Gasteiger partial charge is 0.358 e. The highest BCUT2D eigenvalue weighted by Gasteiger charge is 2.27. The van der Waals surface area contributed by atoms with Crippen molar-refractivity contribution in [1.29, 1.82) is 0 Å². The van der Waals surface area contributed by atoms with Crippen LogP contribution in [0.1, 0.15) is 0 Å². The molecule has 0 heterocycles. The van der Waals surface area contributed by atoms with E-state index in [2.05, 4.69) is 0 Å². The quantitative estimate of drug-likeness (QED) is 0.484. The zero-order valence-corrected chi connectivity index (χ0v) is 7.37. The molecule has 56 valence electrons. The van der Waals surface area contributed by atoms with Crippen molar-refractivity contribution >= 4 is 23.2 Å². The normalized spacial score (nSPS) is 14.0. The Hall–Kier alpha value is 0.500. The number of quaternary nitrogens is 1. The van der Waals surface area contributed by atoms with Crippen molar-refractivity contribution in [3.63, 3.8) is 0 Å². The number of hydrogen-bond donors (Lipinski definition) is 1. The minimum absolute atomic E-state index is 0.316. The van der Waals surface area contributed by atoms with E-state index in [0.717, 1.165) is 0 Å². The van der Waals surface area contributed by atoms with Crippen molar-refractivity contribution < 1.29 is 9.59 Å². The molecule has 0 amide bonds. The summed E-state index contributed by atoms with van der Waals surface area (Å²) in [4.78, 5) is 0. The van der Waals surface area contributed by atoms with Crippen molar-refractivity contribution in [3.05, 3.63) is 0 Å². The maximum atomic E-state index is 8.87. The highest BCUT2D eigenvalue weighted by molar-refractivity contribution is 6.47. The van der Waals surface area contributed by atoms with E-state index in [-0.39, 0.29) is 0 Å². The van der Waals surface area contributed by atoms with Gasteiger partial charge in [-0.15, -0.1) is 0 Å². The summed E-state index contributed by atoms with van der Waals surface area (Å²) in [5.74, 6) is 0. The molecule has 9 heavy (non-hydrogen) atoms. The van der Waals surface area contributed by atoms with E-state index in [4.69, 9.17) is 28.3 Å². The second-order valence-corrected chi connectivity index (χ2v) is 4.56. The molecule has 0 aromatic rings. The van der Waals surface area contributed by atoms with Gasteiger partial charge in [-0.2, -0.15) is 0 Å². The van der Waals surface area contributed by atoms with Crippen LogP contribution in [0.25, 0.3) is 0 Å². The van der Waals surface area contributed by atoms with Crippen LogP contribution in [0.5, 0.6) is 0 Å². The van der Waals surface area contributed by atoms with Crippen LogP contribution in [-0.4, -0.2) is 41.8 Å². The molecule has 2 nitrogen and oxygen atoms in total. The molecule has 0 bridgehead atoms. The molecular formula is C5H12Cl2NO+. The summed E-state index contributed by atoms with van der Waals surface area (Å²) in [7, 11) is 5.70. The van der Waals surface area contributed by atoms with E-state index in [1.807, 2.05) is 21.1 Å². The number of aliphatic hydroxyl groups is 1. The summed E-state index contributed by atoms with van der Waals surface area (Å²) < 4.78 is -1.05. The number of halogens is 2. The Bertz CT molecular complexity index is 80.1. The minimum Gasteiger partial charge on any atom is -0.358 e. The average Bonchev–Trinajstić information content (AvgIpc) is 1.14. The van der Waals surface area contributed by atoms with E-state index in [1.165, 1.54) is 0 Å². The number of nitrogens with zero attached hydrogens (tertiary/aromatic N) is 1. The summed E-state index contributed by atoms with van der Waals surface area (Å²) in [6, 6.07) is 0. The molecule has 0 aromatic carbocycles. The van der Waals surface area contributed by atoms with Crippen LogP contribution in [0, 0.1) is 0 Å². The van der Waals surface area contributed by atoms with E-state index in [1.54, 1.807) is 0 Å². The van der Waals surface area contributed by atoms with Gasteiger partial charge in [-0.1, -0.05) is 23.2 Å². The lowest BCUT2D eigenvalue weighted by Gasteiger charge is -2.27. The Balaban J connectivity index is 3.75. The maximum absolute atomic E-state index is 8.87. The molecule has 0 aliphatic rings. The number of rotatable bonds is 2. The van der Waals surface area contributed by atoms with E-state index < -0.39 is 4.52 Å². The lowest BCUT2D eigenvalue weighted by atomic mass is 10.5. The van der Waals surface area contributed by atoms with Crippen LogP contribution in [0.3, 0.4) is 0 Å². The molecule has 0 radical (unpaired) electrons. The molecule has 0 fully saturated rings. The Labute approximate surface area is 65.6 Å². The van der Waals surface area contributed by atoms with Gasteiger partial charge < -0.3 is 9.59 Å². The van der Waals surface area contributed by atoms with Gasteiger partial charge >= 0.3 is 0 Å². The van der Waals surface area contributed by atoms with Crippen LogP contribution in [-0.2, 0) is 0 Å². The van der Waals surface area contributed by atoms with Gasteiger partial charge in [0.15, 0.2) is 0 Å². The second kappa shape index (κ2) is 2.62. The second-order valence-electron chi connectivity index (χ2n) is 3.11. The molecule has 1 N–H and O–H groups in total. The maximum Gasteiger partial charge on any atom is 0.265 e. The van der Waals surface area contributed by atoms with Crippen LogP contribution in [0.15, 0.2) is 0 Å². The predicted octanol–water partition coefficient (Wildman–Crippen LogP) is 0.816. The number of alkyl halides is 2. The molecule has 0 atom stereocenters. The fraction of sp³-hybridized carbons (Fsp3) is 1.00. The number of hydrogen-bond acceptors (Lipinski definition) is 1. The minimum atomic E-state index is -1.60. The van der Waals surface area contributed by atoms with Crippen LogP contribution in [0.4, 0.5) is 0 Å². The van der Waals surface area contributed by atoms with Gasteiger partial charge in [0.2, 0.25) is 0 Å². The molecule has 0 saturated carbocycles. The third kappa shape index (κ3) is 8.50. The van der Waals surface area contributed by atoms with Gasteiger partial charge in [-0.05, 0) is 0 Å². The standard InChI is InChI=1S/C5H12Cl2NO/c1-8(2,3)4-5(6,7)9/h9H,4H2,1-3H3/q+1. The summed E-state index contributed by atoms with van der Waals surface area (Å²) in [6.45, 7) is 0.316. The van der Waals surface area contributed by atoms with Gasteiger partial charge in [0, 0.05) is 0 Å². The lowest BCUT2D eigenvalue weighted by molar-refractivity contribution is -0.873. The van der Waals surface area contributed by atoms with Crippen molar-refractivity contribution in [2.24, 2.45) is 0 Å². The van der Waals surface area contributed by atoms with Gasteiger partial charge in [-0.3, -0.25) is 0 Å². The first-order valence-corrected chi connectivity index (χ1v) is 3.37. The highest BCUT2D eigenvalue weighted by Crippen LogP contribution is 2.18. The van der Waals surface area contributed by atoms with Crippen LogP contribution in [0.2, 0.25) is 0 Å². The molecule has 0 aliphatic carbocycles. The summed E-state index contributed by atoms with van der Waals surface area (Å²) in [5.41, 5.74) is 0. The van der Waals surface area contributed by atoms with Crippen molar-refractivity contribution in [2.75, 3.05) is 27.7 Å². The lowest BCUT2D eigenvalue weighted by Crippen LogP contribution is -2.43. The van der Waals surface area contributed by atoms with Gasteiger partial charge in [0.1, 0.15) is 6.54 Å². The number of likely N-dealkylation sites (N-methyl/N-ethyl adjacent to an activating group) is 1. The van der Waals surface area contributed by atoms with Crippen LogP contribution < -0.4 is 0 Å². The van der Waals surface area contributed by atoms with Crippen molar-refractivity contribution in [2.45, 2.75) is 4.52 Å². The van der Waals surface area contributed by atoms with E-state index in [9.17, 15) is 0 Å². The predicted molar refractivity (Wildman–Crippen MR) is 39.6 cm³/mol. The molecule has 0 spiro atoms. The molecule has 0 saturated heterocycles. The Kier molecular flexibility index (Phi) is 2.77. The molecule has 0 aliphatic heterocycles. The molecule has 0 rings (SSSR count). The Morgan fingerprint density at radius 2 is 1.67 bits per heavy atom. The van der Waals surface area contributed by atoms with Gasteiger partial charge in [0.25, 0.3) is 4.52 Å². The third-order valence-electron chi connectivity index (χ3n) is 0.665. The summed E-state index contributed by atoms with van der Waals surface area (Å²) in [6.07, 6.45) is 0. The highest BCUT2D eigenvalue weighted by atomic mass is 35.5. The molecule has 0 unspecified atom stereocenters. The summed E-state index contributed by atoms with van der Waals surface area (Å²) in [5, 5.41) is 8.87. The molecular weight excluding hydrogens is 161 g/mol. The van der Waals surface area contributed by atoms with E-state index >= 15 is 0 Å². The zero-order chi connectivity index (χ0) is 7.71. The van der Waals surface area contributed by atoms with Crippen LogP contribution >= 0.6 is 23.2 Å². The molecule has 0 aromatic heterocycles.